The van der Waals surface area contributed by atoms with Crippen LogP contribution in [0.2, 0.25) is 0 Å². The Balaban J connectivity index is 2.91. The van der Waals surface area contributed by atoms with Crippen LogP contribution in [0.3, 0.4) is 0 Å². The summed E-state index contributed by atoms with van der Waals surface area (Å²) in [5.74, 6) is -0.281. The number of aromatic nitrogens is 2. The van der Waals surface area contributed by atoms with Crippen molar-refractivity contribution in [1.82, 2.24) is 9.55 Å². The van der Waals surface area contributed by atoms with Gasteiger partial charge in [-0.2, -0.15) is 0 Å². The van der Waals surface area contributed by atoms with Crippen LogP contribution in [0, 0.1) is 20.8 Å². The minimum Gasteiger partial charge on any atom is -0.494 e. The zero-order chi connectivity index (χ0) is 15.0. The molecule has 20 heavy (non-hydrogen) atoms. The number of aromatic amines is 1. The zero-order valence-electron chi connectivity index (χ0n) is 12.1. The van der Waals surface area contributed by atoms with Gasteiger partial charge in [-0.3, -0.25) is 9.78 Å². The van der Waals surface area contributed by atoms with E-state index in [2.05, 4.69) is 4.98 Å². The molecular formula is C15H18N2O3. The highest BCUT2D eigenvalue weighted by molar-refractivity contribution is 5.51. The average molecular weight is 274 g/mol. The lowest BCUT2D eigenvalue weighted by Gasteiger charge is -2.16. The van der Waals surface area contributed by atoms with Gasteiger partial charge in [0.25, 0.3) is 5.56 Å². The number of H-pyrrole nitrogens is 1. The molecule has 5 heteroatoms. The Morgan fingerprint density at radius 3 is 2.20 bits per heavy atom. The molecule has 0 aliphatic carbocycles. The second-order valence-electron chi connectivity index (χ2n) is 5.00. The van der Waals surface area contributed by atoms with E-state index < -0.39 is 11.2 Å². The predicted octanol–water partition coefficient (Wildman–Crippen LogP) is 1.72. The Labute approximate surface area is 116 Å². The quantitative estimate of drug-likeness (QED) is 0.875. The summed E-state index contributed by atoms with van der Waals surface area (Å²) in [7, 11) is 0. The molecule has 5 nitrogen and oxygen atoms in total. The fourth-order valence-corrected chi connectivity index (χ4v) is 2.61. The largest absolute Gasteiger partial charge is 0.494 e. The smallest absolute Gasteiger partial charge is 0.335 e. The van der Waals surface area contributed by atoms with Crippen LogP contribution >= 0.6 is 0 Å². The summed E-state index contributed by atoms with van der Waals surface area (Å²) in [6.45, 7) is 7.47. The highest BCUT2D eigenvalue weighted by Crippen LogP contribution is 2.24. The third-order valence-corrected chi connectivity index (χ3v) is 3.39. The SMILES string of the molecule is CCc1c(O)n(-c2c(C)cc(C)cc2C)c(=O)[nH]c1=O. The lowest BCUT2D eigenvalue weighted by Crippen LogP contribution is -2.32. The first-order chi connectivity index (χ1) is 9.36. The number of nitrogens with one attached hydrogen (secondary N) is 1. The van der Waals surface area contributed by atoms with Crippen molar-refractivity contribution in [2.24, 2.45) is 0 Å². The van der Waals surface area contributed by atoms with Gasteiger partial charge in [-0.25, -0.2) is 9.36 Å². The van der Waals surface area contributed by atoms with Gasteiger partial charge in [-0.15, -0.1) is 0 Å². The van der Waals surface area contributed by atoms with Gasteiger partial charge in [0.15, 0.2) is 0 Å². The molecule has 2 N–H and O–H groups in total. The molecule has 0 atom stereocenters. The number of hydrogen-bond acceptors (Lipinski definition) is 3. The van der Waals surface area contributed by atoms with E-state index in [4.69, 9.17) is 0 Å². The normalized spacial score (nSPS) is 10.8. The Morgan fingerprint density at radius 2 is 1.70 bits per heavy atom. The molecule has 0 amide bonds. The molecule has 1 aromatic heterocycles. The summed E-state index contributed by atoms with van der Waals surface area (Å²) in [6, 6.07) is 3.87. The summed E-state index contributed by atoms with van der Waals surface area (Å²) >= 11 is 0. The van der Waals surface area contributed by atoms with Gasteiger partial charge < -0.3 is 5.11 Å². The van der Waals surface area contributed by atoms with E-state index in [9.17, 15) is 14.7 Å². The molecule has 0 unspecified atom stereocenters. The first-order valence-electron chi connectivity index (χ1n) is 6.52. The van der Waals surface area contributed by atoms with Crippen LogP contribution in [0.4, 0.5) is 0 Å². The lowest BCUT2D eigenvalue weighted by atomic mass is 10.0. The molecule has 0 saturated carbocycles. The highest BCUT2D eigenvalue weighted by atomic mass is 16.3. The minimum absolute atomic E-state index is 0.212. The monoisotopic (exact) mass is 274 g/mol. The van der Waals surface area contributed by atoms with Crippen molar-refractivity contribution >= 4 is 0 Å². The topological polar surface area (TPSA) is 75.1 Å². The van der Waals surface area contributed by atoms with E-state index in [-0.39, 0.29) is 11.4 Å². The Kier molecular flexibility index (Phi) is 3.53. The maximum Gasteiger partial charge on any atom is 0.335 e. The van der Waals surface area contributed by atoms with Gasteiger partial charge in [0.2, 0.25) is 5.88 Å². The molecule has 0 aliphatic rings. The van der Waals surface area contributed by atoms with E-state index in [1.54, 1.807) is 6.92 Å². The molecule has 2 aromatic rings. The molecule has 0 bridgehead atoms. The lowest BCUT2D eigenvalue weighted by molar-refractivity contribution is 0.423. The number of hydrogen-bond donors (Lipinski definition) is 2. The predicted molar refractivity (Wildman–Crippen MR) is 77.9 cm³/mol. The van der Waals surface area contributed by atoms with Crippen molar-refractivity contribution < 1.29 is 5.11 Å². The van der Waals surface area contributed by atoms with Gasteiger partial charge in [0.1, 0.15) is 0 Å². The molecule has 0 fully saturated rings. The number of aryl methyl sites for hydroxylation is 3. The minimum atomic E-state index is -0.625. The van der Waals surface area contributed by atoms with Crippen molar-refractivity contribution in [3.8, 4) is 11.6 Å². The molecule has 106 valence electrons. The number of aromatic hydroxyl groups is 1. The van der Waals surface area contributed by atoms with Gasteiger partial charge in [0.05, 0.1) is 11.3 Å². The number of nitrogens with zero attached hydrogens (tertiary/aromatic N) is 1. The van der Waals surface area contributed by atoms with Crippen LogP contribution in [0.25, 0.3) is 5.69 Å². The summed E-state index contributed by atoms with van der Waals surface area (Å²) in [4.78, 5) is 26.0. The molecule has 2 rings (SSSR count). The van der Waals surface area contributed by atoms with Crippen molar-refractivity contribution in [3.05, 3.63) is 55.2 Å². The molecule has 1 aromatic carbocycles. The Hall–Kier alpha value is -2.30. The Bertz CT molecular complexity index is 762. The second kappa shape index (κ2) is 5.00. The first kappa shape index (κ1) is 14.1. The summed E-state index contributed by atoms with van der Waals surface area (Å²) in [6.07, 6.45) is 0.353. The van der Waals surface area contributed by atoms with Gasteiger partial charge in [-0.1, -0.05) is 24.6 Å². The molecule has 0 saturated heterocycles. The molecular weight excluding hydrogens is 256 g/mol. The number of rotatable bonds is 2. The molecule has 0 radical (unpaired) electrons. The molecule has 0 aliphatic heterocycles. The van der Waals surface area contributed by atoms with Crippen LogP contribution in [0.15, 0.2) is 21.7 Å². The van der Waals surface area contributed by atoms with Crippen LogP contribution in [-0.4, -0.2) is 14.7 Å². The van der Waals surface area contributed by atoms with Gasteiger partial charge in [-0.05, 0) is 38.3 Å². The fraction of sp³-hybridized carbons (Fsp3) is 0.333. The van der Waals surface area contributed by atoms with Crippen LogP contribution in [-0.2, 0) is 6.42 Å². The van der Waals surface area contributed by atoms with Crippen LogP contribution < -0.4 is 11.2 Å². The van der Waals surface area contributed by atoms with E-state index in [0.717, 1.165) is 16.7 Å². The second-order valence-corrected chi connectivity index (χ2v) is 5.00. The van der Waals surface area contributed by atoms with E-state index in [1.165, 1.54) is 4.57 Å². The molecule has 0 spiro atoms. The van der Waals surface area contributed by atoms with Crippen molar-refractivity contribution in [1.29, 1.82) is 0 Å². The van der Waals surface area contributed by atoms with Crippen LogP contribution in [0.1, 0.15) is 29.2 Å². The van der Waals surface area contributed by atoms with E-state index in [0.29, 0.717) is 12.1 Å². The molecule has 1 heterocycles. The number of benzene rings is 1. The zero-order valence-corrected chi connectivity index (χ0v) is 12.1. The van der Waals surface area contributed by atoms with Crippen molar-refractivity contribution in [2.45, 2.75) is 34.1 Å². The average Bonchev–Trinajstić information content (AvgIpc) is 2.32. The first-order valence-corrected chi connectivity index (χ1v) is 6.52. The summed E-state index contributed by atoms with van der Waals surface area (Å²) in [5, 5.41) is 10.3. The summed E-state index contributed by atoms with van der Waals surface area (Å²) in [5.41, 5.74) is 2.49. The van der Waals surface area contributed by atoms with Gasteiger partial charge >= 0.3 is 5.69 Å². The maximum atomic E-state index is 12.1. The van der Waals surface area contributed by atoms with E-state index in [1.807, 2.05) is 32.9 Å². The van der Waals surface area contributed by atoms with E-state index >= 15 is 0 Å². The fourth-order valence-electron chi connectivity index (χ4n) is 2.61. The summed E-state index contributed by atoms with van der Waals surface area (Å²) < 4.78 is 1.17. The standard InChI is InChI=1S/C15H18N2O3/c1-5-11-13(18)16-15(20)17(14(11)19)12-9(3)6-8(2)7-10(12)4/h6-7,19H,5H2,1-4H3,(H,16,18,20). The van der Waals surface area contributed by atoms with Crippen molar-refractivity contribution in [2.75, 3.05) is 0 Å². The highest BCUT2D eigenvalue weighted by Gasteiger charge is 2.17. The third kappa shape index (κ3) is 2.15. The van der Waals surface area contributed by atoms with Crippen molar-refractivity contribution in [3.63, 3.8) is 0 Å². The maximum absolute atomic E-state index is 12.1. The van der Waals surface area contributed by atoms with Gasteiger partial charge in [0, 0.05) is 0 Å². The Morgan fingerprint density at radius 1 is 1.15 bits per heavy atom. The van der Waals surface area contributed by atoms with Crippen LogP contribution in [0.5, 0.6) is 5.88 Å². The third-order valence-electron chi connectivity index (χ3n) is 3.39.